The SMILES string of the molecule is CCc1nc([C@@H](C)NC[C@H]2CN(C)CCO2)oc1-c1ccccc1. The van der Waals surface area contributed by atoms with E-state index in [1.165, 1.54) is 0 Å². The zero-order valence-electron chi connectivity index (χ0n) is 14.8. The zero-order valence-corrected chi connectivity index (χ0v) is 14.8. The van der Waals surface area contributed by atoms with Crippen LogP contribution in [-0.4, -0.2) is 49.3 Å². The second-order valence-electron chi connectivity index (χ2n) is 6.43. The number of aryl methyl sites for hydroxylation is 1. The molecule has 1 N–H and O–H groups in total. The number of rotatable bonds is 6. The van der Waals surface area contributed by atoms with E-state index in [9.17, 15) is 0 Å². The highest BCUT2D eigenvalue weighted by Crippen LogP contribution is 2.27. The molecular weight excluding hydrogens is 302 g/mol. The summed E-state index contributed by atoms with van der Waals surface area (Å²) in [4.78, 5) is 7.00. The van der Waals surface area contributed by atoms with E-state index in [0.29, 0.717) is 0 Å². The maximum Gasteiger partial charge on any atom is 0.212 e. The van der Waals surface area contributed by atoms with Gasteiger partial charge >= 0.3 is 0 Å². The van der Waals surface area contributed by atoms with Gasteiger partial charge in [0.05, 0.1) is 24.4 Å². The van der Waals surface area contributed by atoms with Gasteiger partial charge in [-0.1, -0.05) is 37.3 Å². The van der Waals surface area contributed by atoms with Crippen molar-refractivity contribution in [3.8, 4) is 11.3 Å². The summed E-state index contributed by atoms with van der Waals surface area (Å²) in [6.45, 7) is 7.77. The van der Waals surface area contributed by atoms with E-state index < -0.39 is 0 Å². The van der Waals surface area contributed by atoms with Crippen LogP contribution in [0.1, 0.15) is 31.5 Å². The van der Waals surface area contributed by atoms with Crippen LogP contribution in [0.4, 0.5) is 0 Å². The lowest BCUT2D eigenvalue weighted by atomic mass is 10.1. The molecule has 2 aromatic rings. The number of benzene rings is 1. The van der Waals surface area contributed by atoms with Crippen LogP contribution in [0.25, 0.3) is 11.3 Å². The quantitative estimate of drug-likeness (QED) is 0.883. The van der Waals surface area contributed by atoms with Gasteiger partial charge in [0, 0.05) is 25.2 Å². The first-order valence-corrected chi connectivity index (χ1v) is 8.76. The lowest BCUT2D eigenvalue weighted by molar-refractivity contribution is -0.0193. The van der Waals surface area contributed by atoms with Gasteiger partial charge in [-0.15, -0.1) is 0 Å². The number of likely N-dealkylation sites (N-methyl/N-ethyl adjacent to an activating group) is 1. The lowest BCUT2D eigenvalue weighted by Gasteiger charge is -2.30. The lowest BCUT2D eigenvalue weighted by Crippen LogP contribution is -2.45. The van der Waals surface area contributed by atoms with Gasteiger partial charge in [-0.3, -0.25) is 0 Å². The van der Waals surface area contributed by atoms with Crippen LogP contribution in [0.2, 0.25) is 0 Å². The van der Waals surface area contributed by atoms with Crippen LogP contribution in [0.5, 0.6) is 0 Å². The molecule has 1 aromatic carbocycles. The number of hydrogen-bond acceptors (Lipinski definition) is 5. The number of morpholine rings is 1. The third-order valence-electron chi connectivity index (χ3n) is 4.45. The van der Waals surface area contributed by atoms with E-state index in [4.69, 9.17) is 14.1 Å². The monoisotopic (exact) mass is 329 g/mol. The van der Waals surface area contributed by atoms with Crippen LogP contribution in [0.3, 0.4) is 0 Å². The molecule has 5 heteroatoms. The molecule has 0 bridgehead atoms. The maximum atomic E-state index is 6.09. The Hall–Kier alpha value is -1.69. The molecule has 24 heavy (non-hydrogen) atoms. The first-order valence-electron chi connectivity index (χ1n) is 8.76. The molecule has 0 saturated carbocycles. The molecule has 130 valence electrons. The molecule has 3 rings (SSSR count). The molecule has 0 aliphatic carbocycles. The van der Waals surface area contributed by atoms with Crippen LogP contribution in [-0.2, 0) is 11.2 Å². The summed E-state index contributed by atoms with van der Waals surface area (Å²) in [5.41, 5.74) is 2.09. The molecule has 1 saturated heterocycles. The molecule has 0 spiro atoms. The fourth-order valence-corrected chi connectivity index (χ4v) is 3.00. The van der Waals surface area contributed by atoms with Gasteiger partial charge in [-0.2, -0.15) is 0 Å². The van der Waals surface area contributed by atoms with Crippen LogP contribution in [0, 0.1) is 0 Å². The van der Waals surface area contributed by atoms with Crippen LogP contribution in [0.15, 0.2) is 34.7 Å². The third kappa shape index (κ3) is 4.04. The number of nitrogens with one attached hydrogen (secondary N) is 1. The number of ether oxygens (including phenoxy) is 1. The predicted molar refractivity (Wildman–Crippen MR) is 95.0 cm³/mol. The number of hydrogen-bond donors (Lipinski definition) is 1. The van der Waals surface area contributed by atoms with E-state index in [1.54, 1.807) is 0 Å². The predicted octanol–water partition coefficient (Wildman–Crippen LogP) is 2.89. The average Bonchev–Trinajstić information content (AvgIpc) is 3.05. The van der Waals surface area contributed by atoms with Gasteiger partial charge in [-0.25, -0.2) is 4.98 Å². The molecule has 0 amide bonds. The number of nitrogens with zero attached hydrogens (tertiary/aromatic N) is 2. The third-order valence-corrected chi connectivity index (χ3v) is 4.45. The Labute approximate surface area is 144 Å². The fourth-order valence-electron chi connectivity index (χ4n) is 3.00. The van der Waals surface area contributed by atoms with Crippen molar-refractivity contribution >= 4 is 0 Å². The first kappa shape index (κ1) is 17.1. The molecule has 1 aliphatic heterocycles. The van der Waals surface area contributed by atoms with Crippen molar-refractivity contribution in [3.63, 3.8) is 0 Å². The minimum absolute atomic E-state index is 0.0589. The largest absolute Gasteiger partial charge is 0.439 e. The second-order valence-corrected chi connectivity index (χ2v) is 6.43. The van der Waals surface area contributed by atoms with Crippen molar-refractivity contribution < 1.29 is 9.15 Å². The standard InChI is InChI=1S/C19H27N3O2/c1-4-17-18(15-8-6-5-7-9-15)24-19(21-17)14(2)20-12-16-13-22(3)10-11-23-16/h5-9,14,16,20H,4,10-13H2,1-3H3/t14-,16+/m1/s1. The summed E-state index contributed by atoms with van der Waals surface area (Å²) < 4.78 is 11.9. The van der Waals surface area contributed by atoms with Gasteiger partial charge in [0.25, 0.3) is 0 Å². The molecule has 1 fully saturated rings. The van der Waals surface area contributed by atoms with E-state index >= 15 is 0 Å². The summed E-state index contributed by atoms with van der Waals surface area (Å²) >= 11 is 0. The van der Waals surface area contributed by atoms with Crippen molar-refractivity contribution in [1.82, 2.24) is 15.2 Å². The summed E-state index contributed by atoms with van der Waals surface area (Å²) in [5, 5.41) is 3.50. The highest BCUT2D eigenvalue weighted by molar-refractivity contribution is 5.59. The molecule has 0 unspecified atom stereocenters. The van der Waals surface area contributed by atoms with Crippen molar-refractivity contribution in [2.24, 2.45) is 0 Å². The van der Waals surface area contributed by atoms with Crippen LogP contribution < -0.4 is 5.32 Å². The summed E-state index contributed by atoms with van der Waals surface area (Å²) in [7, 11) is 2.13. The molecule has 5 nitrogen and oxygen atoms in total. The first-order chi connectivity index (χ1) is 11.7. The Bertz CT molecular complexity index is 641. The smallest absolute Gasteiger partial charge is 0.212 e. The Morgan fingerprint density at radius 2 is 2.12 bits per heavy atom. The van der Waals surface area contributed by atoms with E-state index in [1.807, 2.05) is 18.2 Å². The van der Waals surface area contributed by atoms with E-state index in [-0.39, 0.29) is 12.1 Å². The van der Waals surface area contributed by atoms with E-state index in [0.717, 1.165) is 55.6 Å². The fraction of sp³-hybridized carbons (Fsp3) is 0.526. The minimum Gasteiger partial charge on any atom is -0.439 e. The minimum atomic E-state index is 0.0589. The molecule has 2 atom stereocenters. The van der Waals surface area contributed by atoms with Crippen molar-refractivity contribution in [3.05, 3.63) is 41.9 Å². The second kappa shape index (κ2) is 7.92. The van der Waals surface area contributed by atoms with Gasteiger partial charge < -0.3 is 19.4 Å². The molecular formula is C19H27N3O2. The molecule has 1 aliphatic rings. The normalized spacial score (nSPS) is 20.2. The highest BCUT2D eigenvalue weighted by Gasteiger charge is 2.21. The molecule has 1 aromatic heterocycles. The van der Waals surface area contributed by atoms with Gasteiger partial charge in [-0.05, 0) is 20.4 Å². The van der Waals surface area contributed by atoms with Gasteiger partial charge in [0.15, 0.2) is 5.76 Å². The van der Waals surface area contributed by atoms with Gasteiger partial charge in [0.1, 0.15) is 0 Å². The van der Waals surface area contributed by atoms with E-state index in [2.05, 4.69) is 43.2 Å². The average molecular weight is 329 g/mol. The highest BCUT2D eigenvalue weighted by atomic mass is 16.5. The Balaban J connectivity index is 1.67. The Kier molecular flexibility index (Phi) is 5.66. The Morgan fingerprint density at radius 1 is 1.33 bits per heavy atom. The Morgan fingerprint density at radius 3 is 2.83 bits per heavy atom. The maximum absolute atomic E-state index is 6.09. The summed E-state index contributed by atoms with van der Waals surface area (Å²) in [6, 6.07) is 10.2. The zero-order chi connectivity index (χ0) is 16.9. The van der Waals surface area contributed by atoms with Crippen molar-refractivity contribution in [2.45, 2.75) is 32.4 Å². The summed E-state index contributed by atoms with van der Waals surface area (Å²) in [5.74, 6) is 1.63. The topological polar surface area (TPSA) is 50.5 Å². The van der Waals surface area contributed by atoms with Crippen LogP contribution >= 0.6 is 0 Å². The molecule has 0 radical (unpaired) electrons. The molecule has 2 heterocycles. The van der Waals surface area contributed by atoms with Crippen molar-refractivity contribution in [2.75, 3.05) is 33.3 Å². The summed E-state index contributed by atoms with van der Waals surface area (Å²) in [6.07, 6.45) is 1.08. The van der Waals surface area contributed by atoms with Crippen molar-refractivity contribution in [1.29, 1.82) is 0 Å². The van der Waals surface area contributed by atoms with Gasteiger partial charge in [0.2, 0.25) is 5.89 Å². The number of oxazole rings is 1. The number of aromatic nitrogens is 1.